The van der Waals surface area contributed by atoms with Gasteiger partial charge >= 0.3 is 0 Å². The number of rotatable bonds is 2. The molecule has 1 heterocycles. The molecule has 2 N–H and O–H groups in total. The number of hydrogen-bond acceptors (Lipinski definition) is 4. The van der Waals surface area contributed by atoms with Crippen LogP contribution in [0.15, 0.2) is 30.3 Å². The van der Waals surface area contributed by atoms with Gasteiger partial charge in [0.2, 0.25) is 5.91 Å². The molecule has 112 valence electrons. The molecule has 1 aliphatic rings. The summed E-state index contributed by atoms with van der Waals surface area (Å²) >= 11 is 0. The lowest BCUT2D eigenvalue weighted by atomic mass is 9.90. The number of primary amides is 1. The fourth-order valence-corrected chi connectivity index (χ4v) is 3.00. The number of hydrogen-bond donors (Lipinski definition) is 1. The maximum Gasteiger partial charge on any atom is 0.249 e. The zero-order valence-electron chi connectivity index (χ0n) is 12.6. The number of carbonyl (C=O) groups excluding carboxylic acids is 1. The molecule has 0 atom stereocenters. The van der Waals surface area contributed by atoms with Gasteiger partial charge in [-0.3, -0.25) is 4.79 Å². The molecule has 0 fully saturated rings. The number of nitrogens with zero attached hydrogens (tertiary/aromatic N) is 3. The second-order valence-electron chi connectivity index (χ2n) is 5.59. The second kappa shape index (κ2) is 5.47. The Morgan fingerprint density at radius 1 is 1.22 bits per heavy atom. The van der Waals surface area contributed by atoms with Crippen LogP contribution in [0.4, 0.5) is 0 Å². The van der Waals surface area contributed by atoms with E-state index < -0.39 is 5.91 Å². The number of nitrogens with two attached hydrogens (primary N) is 1. The molecule has 1 aliphatic heterocycles. The van der Waals surface area contributed by atoms with E-state index in [0.29, 0.717) is 29.8 Å². The van der Waals surface area contributed by atoms with Crippen molar-refractivity contribution in [1.82, 2.24) is 4.90 Å². The van der Waals surface area contributed by atoms with E-state index in [0.717, 1.165) is 22.3 Å². The molecule has 0 aliphatic carbocycles. The van der Waals surface area contributed by atoms with Crippen molar-refractivity contribution in [2.24, 2.45) is 5.73 Å². The van der Waals surface area contributed by atoms with E-state index in [4.69, 9.17) is 16.3 Å². The van der Waals surface area contributed by atoms with Crippen molar-refractivity contribution in [3.63, 3.8) is 0 Å². The van der Waals surface area contributed by atoms with Crippen LogP contribution in [0, 0.1) is 29.7 Å². The summed E-state index contributed by atoms with van der Waals surface area (Å²) in [5.41, 5.74) is 10.8. The molecule has 5 nitrogen and oxygen atoms in total. The van der Waals surface area contributed by atoms with Gasteiger partial charge in [-0.25, -0.2) is 0 Å². The summed E-state index contributed by atoms with van der Waals surface area (Å²) < 4.78 is 0. The Morgan fingerprint density at radius 3 is 2.65 bits per heavy atom. The standard InChI is InChI=1S/C18H14N4O/c1-11-5-15(16(18(21)23)6-13(11)7-19)14-4-2-3-12-8-22(10-20)9-17(12)14/h2-6H,8-9H2,1H3,(H2,21,23). The van der Waals surface area contributed by atoms with Crippen LogP contribution < -0.4 is 5.73 Å². The third-order valence-corrected chi connectivity index (χ3v) is 4.17. The average molecular weight is 302 g/mol. The highest BCUT2D eigenvalue weighted by molar-refractivity contribution is 6.01. The summed E-state index contributed by atoms with van der Waals surface area (Å²) in [7, 11) is 0. The third kappa shape index (κ3) is 2.39. The minimum absolute atomic E-state index is 0.330. The smallest absolute Gasteiger partial charge is 0.249 e. The second-order valence-corrected chi connectivity index (χ2v) is 5.59. The molecule has 2 aromatic carbocycles. The van der Waals surface area contributed by atoms with Crippen molar-refractivity contribution in [2.45, 2.75) is 20.0 Å². The van der Waals surface area contributed by atoms with Crippen LogP contribution in [0.3, 0.4) is 0 Å². The van der Waals surface area contributed by atoms with Crippen molar-refractivity contribution >= 4 is 5.91 Å². The van der Waals surface area contributed by atoms with E-state index in [-0.39, 0.29) is 0 Å². The van der Waals surface area contributed by atoms with Crippen LogP contribution >= 0.6 is 0 Å². The topological polar surface area (TPSA) is 93.9 Å². The van der Waals surface area contributed by atoms with E-state index in [9.17, 15) is 4.79 Å². The van der Waals surface area contributed by atoms with Gasteiger partial charge in [-0.15, -0.1) is 0 Å². The Hall–Kier alpha value is -3.31. The van der Waals surface area contributed by atoms with Gasteiger partial charge in [-0.1, -0.05) is 18.2 Å². The summed E-state index contributed by atoms with van der Waals surface area (Å²) in [5.74, 6) is -0.566. The van der Waals surface area contributed by atoms with Gasteiger partial charge in [0.15, 0.2) is 6.19 Å². The summed E-state index contributed by atoms with van der Waals surface area (Å²) in [4.78, 5) is 13.5. The molecule has 3 rings (SSSR count). The number of fused-ring (bicyclic) bond motifs is 1. The highest BCUT2D eigenvalue weighted by Gasteiger charge is 2.23. The molecule has 0 saturated heterocycles. The summed E-state index contributed by atoms with van der Waals surface area (Å²) in [5, 5.41) is 18.3. The van der Waals surface area contributed by atoms with Crippen LogP contribution in [0.25, 0.3) is 11.1 Å². The Morgan fingerprint density at radius 2 is 2.00 bits per heavy atom. The largest absolute Gasteiger partial charge is 0.366 e. The molecule has 0 saturated carbocycles. The normalized spacial score (nSPS) is 12.4. The molecule has 0 unspecified atom stereocenters. The molecular weight excluding hydrogens is 288 g/mol. The predicted octanol–water partition coefficient (Wildman–Crippen LogP) is 2.43. The molecule has 0 spiro atoms. The van der Waals surface area contributed by atoms with Gasteiger partial charge in [0, 0.05) is 5.56 Å². The van der Waals surface area contributed by atoms with Gasteiger partial charge in [0.25, 0.3) is 0 Å². The van der Waals surface area contributed by atoms with Crippen LogP contribution in [0.1, 0.15) is 32.6 Å². The monoisotopic (exact) mass is 302 g/mol. The van der Waals surface area contributed by atoms with E-state index in [1.165, 1.54) is 0 Å². The SMILES string of the molecule is Cc1cc(-c2cccc3c2CN(C#N)C3)c(C(N)=O)cc1C#N. The molecule has 0 bridgehead atoms. The van der Waals surface area contributed by atoms with Crippen molar-refractivity contribution in [3.05, 3.63) is 58.1 Å². The van der Waals surface area contributed by atoms with E-state index >= 15 is 0 Å². The van der Waals surface area contributed by atoms with Gasteiger partial charge in [0.05, 0.1) is 24.7 Å². The summed E-state index contributed by atoms with van der Waals surface area (Å²) in [6, 6.07) is 11.3. The Balaban J connectivity index is 2.24. The quantitative estimate of drug-likeness (QED) is 0.862. The molecule has 1 amide bonds. The average Bonchev–Trinajstić information content (AvgIpc) is 2.97. The zero-order chi connectivity index (χ0) is 16.6. The number of benzene rings is 2. The van der Waals surface area contributed by atoms with Crippen molar-refractivity contribution in [3.8, 4) is 23.4 Å². The highest BCUT2D eigenvalue weighted by Crippen LogP contribution is 2.35. The first-order valence-corrected chi connectivity index (χ1v) is 7.15. The Kier molecular flexibility index (Phi) is 3.48. The lowest BCUT2D eigenvalue weighted by Crippen LogP contribution is -2.13. The predicted molar refractivity (Wildman–Crippen MR) is 84.7 cm³/mol. The number of amides is 1. The van der Waals surface area contributed by atoms with Crippen LogP contribution in [-0.4, -0.2) is 10.8 Å². The molecule has 23 heavy (non-hydrogen) atoms. The van der Waals surface area contributed by atoms with Crippen molar-refractivity contribution < 1.29 is 4.79 Å². The Labute approximate surface area is 134 Å². The lowest BCUT2D eigenvalue weighted by Gasteiger charge is -2.13. The maximum atomic E-state index is 11.8. The fourth-order valence-electron chi connectivity index (χ4n) is 3.00. The Bertz CT molecular complexity index is 902. The highest BCUT2D eigenvalue weighted by atomic mass is 16.1. The minimum atomic E-state index is -0.566. The summed E-state index contributed by atoms with van der Waals surface area (Å²) in [6.45, 7) is 2.91. The third-order valence-electron chi connectivity index (χ3n) is 4.17. The van der Waals surface area contributed by atoms with Gasteiger partial charge in [-0.05, 0) is 46.9 Å². The van der Waals surface area contributed by atoms with Crippen LogP contribution in [-0.2, 0) is 13.1 Å². The van der Waals surface area contributed by atoms with E-state index in [2.05, 4.69) is 12.3 Å². The number of nitriles is 2. The minimum Gasteiger partial charge on any atom is -0.366 e. The maximum absolute atomic E-state index is 11.8. The van der Waals surface area contributed by atoms with Gasteiger partial charge in [-0.2, -0.15) is 10.5 Å². The van der Waals surface area contributed by atoms with Crippen molar-refractivity contribution in [1.29, 1.82) is 10.5 Å². The van der Waals surface area contributed by atoms with Crippen molar-refractivity contribution in [2.75, 3.05) is 0 Å². The molecule has 0 aromatic heterocycles. The molecule has 0 radical (unpaired) electrons. The fraction of sp³-hybridized carbons (Fsp3) is 0.167. The number of carbonyl (C=O) groups is 1. The van der Waals surface area contributed by atoms with Crippen LogP contribution in [0.2, 0.25) is 0 Å². The van der Waals surface area contributed by atoms with Gasteiger partial charge in [0.1, 0.15) is 0 Å². The van der Waals surface area contributed by atoms with E-state index in [1.807, 2.05) is 31.2 Å². The zero-order valence-corrected chi connectivity index (χ0v) is 12.6. The lowest BCUT2D eigenvalue weighted by molar-refractivity contribution is 0.100. The first kappa shape index (κ1) is 14.6. The van der Waals surface area contributed by atoms with Crippen LogP contribution in [0.5, 0.6) is 0 Å². The van der Waals surface area contributed by atoms with E-state index in [1.54, 1.807) is 11.0 Å². The molecule has 2 aromatic rings. The number of aryl methyl sites for hydroxylation is 1. The molecule has 5 heteroatoms. The summed E-state index contributed by atoms with van der Waals surface area (Å²) in [6.07, 6.45) is 2.16. The van der Waals surface area contributed by atoms with Gasteiger partial charge < -0.3 is 10.6 Å². The first-order chi connectivity index (χ1) is 11.0. The molecular formula is C18H14N4O. The first-order valence-electron chi connectivity index (χ1n) is 7.15.